The third kappa shape index (κ3) is 31.7. The van der Waals surface area contributed by atoms with Gasteiger partial charge in [0.2, 0.25) is 0 Å². The predicted molar refractivity (Wildman–Crippen MR) is 381 cm³/mol. The fourth-order valence-electron chi connectivity index (χ4n) is 16.6. The molecule has 0 atom stereocenters. The van der Waals surface area contributed by atoms with Gasteiger partial charge in [-0.3, -0.25) is 0 Å². The van der Waals surface area contributed by atoms with Crippen molar-refractivity contribution in [2.45, 2.75) is 323 Å². The van der Waals surface area contributed by atoms with Gasteiger partial charge < -0.3 is 4.90 Å². The summed E-state index contributed by atoms with van der Waals surface area (Å²) in [5.41, 5.74) is 15.3. The normalized spacial score (nSPS) is 25.5. The molecular formula is C74H119Cl4Fe2NP4Ru2+4. The van der Waals surface area contributed by atoms with Gasteiger partial charge in [0, 0.05) is 22.6 Å². The van der Waals surface area contributed by atoms with Crippen molar-refractivity contribution >= 4 is 70.5 Å². The van der Waals surface area contributed by atoms with Crippen molar-refractivity contribution in [1.82, 2.24) is 4.90 Å². The largest absolute Gasteiger partial charge is 2.00 e. The summed E-state index contributed by atoms with van der Waals surface area (Å²) in [5, 5.41) is 0. The molecule has 0 aliphatic heterocycles. The van der Waals surface area contributed by atoms with Crippen LogP contribution in [0.25, 0.3) is 0 Å². The zero-order valence-corrected chi connectivity index (χ0v) is 66.7. The van der Waals surface area contributed by atoms with Crippen LogP contribution >= 0.6 is 70.5 Å². The fraction of sp³-hybridized carbons (Fsp3) is 0.730. The Morgan fingerprint density at radius 1 is 0.264 bits per heavy atom. The van der Waals surface area contributed by atoms with Crippen molar-refractivity contribution in [3.05, 3.63) is 125 Å². The second-order valence-corrected chi connectivity index (χ2v) is 42.7. The van der Waals surface area contributed by atoms with Crippen LogP contribution in [0.2, 0.25) is 0 Å². The summed E-state index contributed by atoms with van der Waals surface area (Å²) >= 11 is -0.691. The molecule has 1 nitrogen and oxygen atoms in total. The zero-order chi connectivity index (χ0) is 59.9. The first-order valence-electron chi connectivity index (χ1n) is 35.4. The number of rotatable bonds is 15. The SMILES string of the molecule is CCN(CC)CC.[CH]1[CH][CH][C](P(C2CCCCC2)C2CCCCC2)[CH]1.[CH]1[CH][CH][C](P(C2CCCCC2)C2CCCCC2)[CH]1.[CH]1[CH][CH][C](P(C2CCCCC2)C2CCCCC2)[CH]1.[CH]1[CH][CH][C](P(C2CCCCC2)C2CCCCC2)[CH]1.[Cl][Ru][Cl].[Cl][Ru][Cl].[Fe+2].[Fe+2]. The first kappa shape index (κ1) is 84.5. The maximum absolute atomic E-state index is 4.85. The van der Waals surface area contributed by atoms with Crippen molar-refractivity contribution < 1.29 is 64.4 Å². The predicted octanol–water partition coefficient (Wildman–Crippen LogP) is 26.1. The van der Waals surface area contributed by atoms with E-state index in [0.717, 1.165) is 45.3 Å². The van der Waals surface area contributed by atoms with Gasteiger partial charge in [-0.15, -0.1) is 0 Å². The van der Waals surface area contributed by atoms with E-state index in [4.69, 9.17) is 38.8 Å². The molecule has 13 heteroatoms. The van der Waals surface area contributed by atoms with Crippen LogP contribution in [-0.4, -0.2) is 69.8 Å². The van der Waals surface area contributed by atoms with E-state index in [0.29, 0.717) is 0 Å². The second-order valence-electron chi connectivity index (χ2n) is 26.3. The topological polar surface area (TPSA) is 3.24 Å². The van der Waals surface area contributed by atoms with Crippen molar-refractivity contribution in [1.29, 1.82) is 0 Å². The van der Waals surface area contributed by atoms with E-state index < -0.39 is 0 Å². The van der Waals surface area contributed by atoms with Crippen LogP contribution in [0.5, 0.6) is 0 Å². The van der Waals surface area contributed by atoms with E-state index in [1.54, 1.807) is 22.6 Å². The van der Waals surface area contributed by atoms with E-state index in [-0.39, 0.29) is 96.1 Å². The van der Waals surface area contributed by atoms with E-state index in [1.807, 2.05) is 0 Å². The van der Waals surface area contributed by atoms with Gasteiger partial charge in [0.05, 0.1) is 0 Å². The summed E-state index contributed by atoms with van der Waals surface area (Å²) in [6, 6.07) is 0. The third-order valence-electron chi connectivity index (χ3n) is 20.9. The van der Waals surface area contributed by atoms with E-state index in [2.05, 4.69) is 128 Å². The van der Waals surface area contributed by atoms with E-state index in [1.165, 1.54) is 276 Å². The summed E-state index contributed by atoms with van der Waals surface area (Å²) < 4.78 is 0. The van der Waals surface area contributed by atoms with Gasteiger partial charge in [-0.1, -0.05) is 207 Å². The average molecular weight is 1600 g/mol. The molecule has 12 aliphatic rings. The van der Waals surface area contributed by atoms with E-state index >= 15 is 0 Å². The molecule has 0 bridgehead atoms. The Bertz CT molecular complexity index is 1240. The summed E-state index contributed by atoms with van der Waals surface area (Å²) in [7, 11) is 20.0. The Morgan fingerprint density at radius 3 is 0.471 bits per heavy atom. The van der Waals surface area contributed by atoms with Crippen molar-refractivity contribution in [2.75, 3.05) is 19.6 Å². The monoisotopic (exact) mass is 1600 g/mol. The van der Waals surface area contributed by atoms with Crippen LogP contribution in [0.4, 0.5) is 0 Å². The molecule has 12 aliphatic carbocycles. The molecule has 12 saturated carbocycles. The quantitative estimate of drug-likeness (QED) is 0.117. The molecule has 496 valence electrons. The zero-order valence-electron chi connectivity index (χ0n) is 54.4. The van der Waals surface area contributed by atoms with Crippen LogP contribution in [0.1, 0.15) is 278 Å². The summed E-state index contributed by atoms with van der Waals surface area (Å²) in [4.78, 5) is 2.38. The van der Waals surface area contributed by atoms with Gasteiger partial charge >= 0.3 is 103 Å². The van der Waals surface area contributed by atoms with Crippen LogP contribution in [-0.2, 0) is 64.4 Å². The Kier molecular flexibility index (Phi) is 52.4. The fourth-order valence-corrected chi connectivity index (χ4v) is 31.8. The molecule has 12 rings (SSSR count). The smallest absolute Gasteiger partial charge is 2.00 e. The van der Waals surface area contributed by atoms with Crippen molar-refractivity contribution in [3.63, 3.8) is 0 Å². The Hall–Kier alpha value is 5.13. The van der Waals surface area contributed by atoms with Crippen molar-refractivity contribution in [3.8, 4) is 0 Å². The number of halogens is 4. The van der Waals surface area contributed by atoms with Gasteiger partial charge in [0.15, 0.2) is 0 Å². The van der Waals surface area contributed by atoms with Crippen LogP contribution in [0.3, 0.4) is 0 Å². The minimum absolute atomic E-state index is 0. The Morgan fingerprint density at radius 2 is 0.379 bits per heavy atom. The summed E-state index contributed by atoms with van der Waals surface area (Å²) in [5.74, 6) is 0. The van der Waals surface area contributed by atoms with Crippen LogP contribution in [0.15, 0.2) is 0 Å². The third-order valence-corrected chi connectivity index (χ3v) is 34.9. The first-order valence-corrected chi connectivity index (χ1v) is 50.3. The van der Waals surface area contributed by atoms with Gasteiger partial charge in [-0.25, -0.2) is 0 Å². The molecule has 0 aromatic heterocycles. The van der Waals surface area contributed by atoms with Crippen LogP contribution in [0, 0.1) is 125 Å². The standard InChI is InChI=1S/4C17H26P.C6H15N.4ClH.2Fe.2Ru/c4*1-3-9-15(10-4-1)18(17-13-7-8-14-17)16-11-5-2-6-12-16;1-4-7(5-2)6-3;;;;;;;;/h4*7-8,13-16H,1-6,9-12H2;4-6H2,1-3H3;4*1H;;;;/q;;;;;;;;;4*+2/p-4. The maximum atomic E-state index is 4.85. The van der Waals surface area contributed by atoms with Gasteiger partial charge in [-0.05, 0) is 270 Å². The Labute approximate surface area is 601 Å². The molecule has 0 N–H and O–H groups in total. The second kappa shape index (κ2) is 54.0. The molecular weight excluding hydrogens is 1480 g/mol. The number of hydrogen-bond donors (Lipinski definition) is 0. The number of nitrogens with zero attached hydrogens (tertiary/aromatic N) is 1. The van der Waals surface area contributed by atoms with Gasteiger partial charge in [-0.2, -0.15) is 0 Å². The minimum atomic E-state index is -0.346. The van der Waals surface area contributed by atoms with Gasteiger partial charge in [0.1, 0.15) is 0 Å². The minimum Gasteiger partial charge on any atom is 2.00 e. The first-order chi connectivity index (χ1) is 42.0. The van der Waals surface area contributed by atoms with Crippen LogP contribution < -0.4 is 0 Å². The van der Waals surface area contributed by atoms with E-state index in [9.17, 15) is 0 Å². The Balaban J connectivity index is 0.000000231. The van der Waals surface area contributed by atoms with Crippen molar-refractivity contribution in [2.24, 2.45) is 0 Å². The summed E-state index contributed by atoms with van der Waals surface area (Å²) in [6.45, 7) is 10.1. The van der Waals surface area contributed by atoms with Gasteiger partial charge in [0.25, 0.3) is 0 Å². The number of hydrogen-bond acceptors (Lipinski definition) is 1. The molecule has 0 aromatic rings. The molecule has 0 aromatic carbocycles. The molecule has 0 unspecified atom stereocenters. The molecule has 0 saturated heterocycles. The molecule has 0 spiro atoms. The molecule has 12 fully saturated rings. The molecule has 20 radical (unpaired) electrons. The molecule has 0 heterocycles. The summed E-state index contributed by atoms with van der Waals surface area (Å²) in [6.07, 6.45) is 97.7. The molecule has 87 heavy (non-hydrogen) atoms. The molecule has 0 amide bonds. The average Bonchev–Trinajstić information content (AvgIpc) is 4.12. The maximum Gasteiger partial charge on any atom is 2.00 e.